The molecule has 0 unspecified atom stereocenters. The zero-order chi connectivity index (χ0) is 14.8. The third-order valence-corrected chi connectivity index (χ3v) is 4.59. The van der Waals surface area contributed by atoms with E-state index in [1.807, 2.05) is 31.4 Å². The first-order valence-corrected chi connectivity index (χ1v) is 7.53. The van der Waals surface area contributed by atoms with Gasteiger partial charge in [-0.25, -0.2) is 4.39 Å². The fourth-order valence-electron chi connectivity index (χ4n) is 1.83. The summed E-state index contributed by atoms with van der Waals surface area (Å²) in [6.07, 6.45) is 0. The van der Waals surface area contributed by atoms with Crippen LogP contribution in [0, 0.1) is 5.82 Å². The van der Waals surface area contributed by atoms with E-state index < -0.39 is 11.7 Å². The van der Waals surface area contributed by atoms with Gasteiger partial charge in [-0.05, 0) is 29.6 Å². The van der Waals surface area contributed by atoms with Gasteiger partial charge in [-0.1, -0.05) is 19.9 Å². The van der Waals surface area contributed by atoms with Crippen molar-refractivity contribution in [2.45, 2.75) is 24.2 Å². The van der Waals surface area contributed by atoms with Crippen LogP contribution in [0.3, 0.4) is 0 Å². The Kier molecular flexibility index (Phi) is 4.50. The van der Waals surface area contributed by atoms with Crippen molar-refractivity contribution >= 4 is 29.9 Å². The molecule has 1 heterocycles. The summed E-state index contributed by atoms with van der Waals surface area (Å²) in [7, 11) is 0. The fourth-order valence-corrected chi connectivity index (χ4v) is 2.89. The Bertz CT molecular complexity index is 608. The predicted octanol–water partition coefficient (Wildman–Crippen LogP) is 3.88. The van der Waals surface area contributed by atoms with Crippen molar-refractivity contribution < 1.29 is 9.18 Å². The van der Waals surface area contributed by atoms with Crippen LogP contribution in [0.4, 0.5) is 4.39 Å². The second kappa shape index (κ2) is 5.97. The fraction of sp³-hybridized carbons (Fsp3) is 0.267. The SMILES string of the molecule is CC(C)(CNC(=O)c1cc(S)ccc1F)c1cccs1. The van der Waals surface area contributed by atoms with Gasteiger partial charge in [-0.15, -0.1) is 24.0 Å². The summed E-state index contributed by atoms with van der Waals surface area (Å²) in [6.45, 7) is 4.54. The summed E-state index contributed by atoms with van der Waals surface area (Å²) in [5.41, 5.74) is -0.154. The first-order chi connectivity index (χ1) is 9.40. The Morgan fingerprint density at radius 3 is 2.80 bits per heavy atom. The Balaban J connectivity index is 2.07. The van der Waals surface area contributed by atoms with Crippen molar-refractivity contribution in [3.63, 3.8) is 0 Å². The van der Waals surface area contributed by atoms with Crippen molar-refractivity contribution in [2.75, 3.05) is 6.54 Å². The van der Waals surface area contributed by atoms with Crippen molar-refractivity contribution in [3.8, 4) is 0 Å². The van der Waals surface area contributed by atoms with Crippen molar-refractivity contribution in [3.05, 3.63) is 52.0 Å². The minimum absolute atomic E-state index is 0.0273. The van der Waals surface area contributed by atoms with E-state index in [1.54, 1.807) is 11.3 Å². The highest BCUT2D eigenvalue weighted by atomic mass is 32.1. The Morgan fingerprint density at radius 1 is 1.40 bits per heavy atom. The third-order valence-electron chi connectivity index (χ3n) is 3.07. The molecule has 1 aromatic carbocycles. The molecule has 1 amide bonds. The normalized spacial score (nSPS) is 11.4. The summed E-state index contributed by atoms with van der Waals surface area (Å²) >= 11 is 5.77. The van der Waals surface area contributed by atoms with E-state index in [9.17, 15) is 9.18 Å². The lowest BCUT2D eigenvalue weighted by molar-refractivity contribution is 0.0941. The number of thiol groups is 1. The van der Waals surface area contributed by atoms with Crippen LogP contribution in [0.1, 0.15) is 29.1 Å². The van der Waals surface area contributed by atoms with E-state index in [4.69, 9.17) is 0 Å². The Labute approximate surface area is 127 Å². The van der Waals surface area contributed by atoms with Gasteiger partial charge in [-0.2, -0.15) is 0 Å². The number of amides is 1. The van der Waals surface area contributed by atoms with Crippen LogP contribution in [0.5, 0.6) is 0 Å². The summed E-state index contributed by atoms with van der Waals surface area (Å²) in [4.78, 5) is 13.8. The second-order valence-corrected chi connectivity index (χ2v) is 6.67. The van der Waals surface area contributed by atoms with Gasteiger partial charge in [0.2, 0.25) is 0 Å². The van der Waals surface area contributed by atoms with Crippen molar-refractivity contribution in [1.29, 1.82) is 0 Å². The third kappa shape index (κ3) is 3.41. The number of hydrogen-bond acceptors (Lipinski definition) is 3. The van der Waals surface area contributed by atoms with E-state index in [-0.39, 0.29) is 11.0 Å². The van der Waals surface area contributed by atoms with E-state index >= 15 is 0 Å². The van der Waals surface area contributed by atoms with Gasteiger partial charge in [0, 0.05) is 21.7 Å². The van der Waals surface area contributed by atoms with Crippen LogP contribution >= 0.6 is 24.0 Å². The average molecular weight is 309 g/mol. The molecule has 0 saturated heterocycles. The molecule has 0 saturated carbocycles. The summed E-state index contributed by atoms with van der Waals surface area (Å²) < 4.78 is 13.6. The molecule has 0 spiro atoms. The highest BCUT2D eigenvalue weighted by Gasteiger charge is 2.23. The standard InChI is InChI=1S/C15H16FNOS2/c1-15(2,13-4-3-7-20-13)9-17-14(18)11-8-10(19)5-6-12(11)16/h3-8,19H,9H2,1-2H3,(H,17,18). The van der Waals surface area contributed by atoms with Gasteiger partial charge < -0.3 is 5.32 Å². The van der Waals surface area contributed by atoms with Crippen LogP contribution < -0.4 is 5.32 Å². The molecule has 0 radical (unpaired) electrons. The van der Waals surface area contributed by atoms with Gasteiger partial charge in [0.1, 0.15) is 5.82 Å². The Hall–Kier alpha value is -1.33. The van der Waals surface area contributed by atoms with Crippen molar-refractivity contribution in [1.82, 2.24) is 5.32 Å². The monoisotopic (exact) mass is 309 g/mol. The smallest absolute Gasteiger partial charge is 0.254 e. The molecule has 2 rings (SSSR count). The number of benzene rings is 1. The number of thiophene rings is 1. The molecule has 5 heteroatoms. The van der Waals surface area contributed by atoms with Crippen LogP contribution in [0.2, 0.25) is 0 Å². The van der Waals surface area contributed by atoms with Crippen LogP contribution in [0.25, 0.3) is 0 Å². The van der Waals surface area contributed by atoms with Gasteiger partial charge in [0.05, 0.1) is 5.56 Å². The minimum atomic E-state index is -0.533. The quantitative estimate of drug-likeness (QED) is 0.825. The number of carbonyl (C=O) groups is 1. The van der Waals surface area contributed by atoms with Gasteiger partial charge >= 0.3 is 0 Å². The molecule has 0 aliphatic carbocycles. The van der Waals surface area contributed by atoms with Crippen LogP contribution in [0.15, 0.2) is 40.6 Å². The average Bonchev–Trinajstić information content (AvgIpc) is 2.93. The summed E-state index contributed by atoms with van der Waals surface area (Å²) in [6, 6.07) is 8.22. The lowest BCUT2D eigenvalue weighted by atomic mass is 9.91. The van der Waals surface area contributed by atoms with E-state index in [2.05, 4.69) is 17.9 Å². The largest absolute Gasteiger partial charge is 0.351 e. The molecule has 0 atom stereocenters. The first kappa shape index (κ1) is 15.1. The van der Waals surface area contributed by atoms with E-state index in [0.29, 0.717) is 11.4 Å². The van der Waals surface area contributed by atoms with E-state index in [0.717, 1.165) is 0 Å². The maximum atomic E-state index is 13.6. The van der Waals surface area contributed by atoms with Gasteiger partial charge in [0.15, 0.2) is 0 Å². The van der Waals surface area contributed by atoms with Gasteiger partial charge in [0.25, 0.3) is 5.91 Å². The molecule has 0 aliphatic heterocycles. The predicted molar refractivity (Wildman–Crippen MR) is 83.3 cm³/mol. The van der Waals surface area contributed by atoms with Crippen molar-refractivity contribution in [2.24, 2.45) is 0 Å². The molecule has 2 aromatic rings. The number of nitrogens with one attached hydrogen (secondary N) is 1. The first-order valence-electron chi connectivity index (χ1n) is 6.21. The maximum Gasteiger partial charge on any atom is 0.254 e. The molecule has 0 bridgehead atoms. The Morgan fingerprint density at radius 2 is 2.15 bits per heavy atom. The lowest BCUT2D eigenvalue weighted by Crippen LogP contribution is -2.36. The van der Waals surface area contributed by atoms with Gasteiger partial charge in [-0.3, -0.25) is 4.79 Å². The number of rotatable bonds is 4. The highest BCUT2D eigenvalue weighted by molar-refractivity contribution is 7.80. The molecule has 20 heavy (non-hydrogen) atoms. The lowest BCUT2D eigenvalue weighted by Gasteiger charge is -2.23. The molecule has 0 fully saturated rings. The number of hydrogen-bond donors (Lipinski definition) is 2. The maximum absolute atomic E-state index is 13.6. The molecule has 1 N–H and O–H groups in total. The topological polar surface area (TPSA) is 29.1 Å². The molecule has 0 aliphatic rings. The van der Waals surface area contributed by atoms with Crippen LogP contribution in [-0.2, 0) is 5.41 Å². The molecule has 1 aromatic heterocycles. The molecule has 106 valence electrons. The minimum Gasteiger partial charge on any atom is -0.351 e. The number of halogens is 1. The molecular weight excluding hydrogens is 293 g/mol. The summed E-state index contributed by atoms with van der Waals surface area (Å²) in [5.74, 6) is -0.947. The second-order valence-electron chi connectivity index (χ2n) is 5.21. The van der Waals surface area contributed by atoms with Crippen LogP contribution in [-0.4, -0.2) is 12.5 Å². The van der Waals surface area contributed by atoms with E-state index in [1.165, 1.54) is 23.1 Å². The highest BCUT2D eigenvalue weighted by Crippen LogP contribution is 2.26. The molecular formula is C15H16FNOS2. The number of carbonyl (C=O) groups excluding carboxylic acids is 1. The zero-order valence-corrected chi connectivity index (χ0v) is 13.0. The molecule has 2 nitrogen and oxygen atoms in total. The summed E-state index contributed by atoms with van der Waals surface area (Å²) in [5, 5.41) is 4.79. The zero-order valence-electron chi connectivity index (χ0n) is 11.3.